The fourth-order valence-corrected chi connectivity index (χ4v) is 4.95. The Labute approximate surface area is 239 Å². The molecule has 1 fully saturated rings. The maximum atomic E-state index is 13.3. The van der Waals surface area contributed by atoms with Crippen LogP contribution < -0.4 is 20.4 Å². The van der Waals surface area contributed by atoms with E-state index in [1.807, 2.05) is 48.5 Å². The molecule has 3 aromatic carbocycles. The number of likely N-dealkylation sites (N-methyl/N-ethyl adjacent to an activating group) is 1. The van der Waals surface area contributed by atoms with Crippen molar-refractivity contribution in [3.8, 4) is 5.75 Å². The minimum atomic E-state index is -0.426. The summed E-state index contributed by atoms with van der Waals surface area (Å²) >= 11 is 1.60. The molecule has 2 amide bonds. The van der Waals surface area contributed by atoms with Crippen molar-refractivity contribution in [3.05, 3.63) is 89.0 Å². The van der Waals surface area contributed by atoms with Gasteiger partial charge < -0.3 is 25.0 Å². The Balaban J connectivity index is 1.53. The van der Waals surface area contributed by atoms with Gasteiger partial charge in [-0.2, -0.15) is 16.9 Å². The van der Waals surface area contributed by atoms with Crippen LogP contribution in [-0.4, -0.2) is 80.7 Å². The van der Waals surface area contributed by atoms with E-state index < -0.39 is 5.91 Å². The molecule has 0 aromatic heterocycles. The van der Waals surface area contributed by atoms with Crippen LogP contribution in [0.4, 0.5) is 11.4 Å². The average Bonchev–Trinajstić information content (AvgIpc) is 2.98. The molecule has 0 unspecified atom stereocenters. The van der Waals surface area contributed by atoms with Crippen molar-refractivity contribution in [3.63, 3.8) is 0 Å². The number of benzene rings is 3. The number of carbonyl (C=O) groups excluding carboxylic acids is 2. The Hall–Kier alpha value is -3.86. The van der Waals surface area contributed by atoms with Crippen LogP contribution >= 0.6 is 11.8 Å². The summed E-state index contributed by atoms with van der Waals surface area (Å²) in [6.45, 7) is 3.67. The van der Waals surface area contributed by atoms with Crippen LogP contribution in [0.25, 0.3) is 0 Å². The molecule has 1 saturated heterocycles. The number of anilines is 2. The van der Waals surface area contributed by atoms with Gasteiger partial charge in [0.2, 0.25) is 0 Å². The van der Waals surface area contributed by atoms with Gasteiger partial charge in [0.1, 0.15) is 5.75 Å². The van der Waals surface area contributed by atoms with E-state index in [9.17, 15) is 9.59 Å². The lowest BCUT2D eigenvalue weighted by molar-refractivity contribution is 0.0956. The van der Waals surface area contributed by atoms with Gasteiger partial charge in [0.05, 0.1) is 31.2 Å². The molecule has 0 saturated carbocycles. The first kappa shape index (κ1) is 29.1. The van der Waals surface area contributed by atoms with Crippen molar-refractivity contribution >= 4 is 41.2 Å². The molecule has 0 bridgehead atoms. The third kappa shape index (κ3) is 8.08. The number of nitrogens with one attached hydrogen (secondary N) is 2. The van der Waals surface area contributed by atoms with Crippen LogP contribution in [-0.2, 0) is 5.75 Å². The Bertz CT molecular complexity index is 1320. The lowest BCUT2D eigenvalue weighted by Crippen LogP contribution is -2.44. The van der Waals surface area contributed by atoms with Crippen LogP contribution in [0.3, 0.4) is 0 Å². The number of ether oxygens (including phenoxy) is 1. The van der Waals surface area contributed by atoms with Crippen LogP contribution in [0.1, 0.15) is 31.8 Å². The summed E-state index contributed by atoms with van der Waals surface area (Å²) in [5, 5.41) is 16.1. The molecule has 3 aromatic rings. The second-order valence-electron chi connectivity index (χ2n) is 9.42. The molecule has 0 atom stereocenters. The zero-order valence-corrected chi connectivity index (χ0v) is 23.6. The number of aliphatic hydroxyl groups excluding tert-OH is 1. The molecule has 3 N–H and O–H groups in total. The Morgan fingerprint density at radius 3 is 2.52 bits per heavy atom. The first-order chi connectivity index (χ1) is 19.5. The molecule has 1 aliphatic heterocycles. The number of rotatable bonds is 11. The summed E-state index contributed by atoms with van der Waals surface area (Å²) < 4.78 is 5.18. The molecule has 210 valence electrons. The van der Waals surface area contributed by atoms with Gasteiger partial charge >= 0.3 is 0 Å². The SMILES string of the molecule is COc1ccc(C=NNC(=O)c2cc(N3CCN(C)CC3)ccc2NC(=O)c2cccc(CSCCO)c2)cc1. The van der Waals surface area contributed by atoms with Gasteiger partial charge in [-0.15, -0.1) is 0 Å². The van der Waals surface area contributed by atoms with Crippen LogP contribution in [0, 0.1) is 0 Å². The highest BCUT2D eigenvalue weighted by Gasteiger charge is 2.20. The van der Waals surface area contributed by atoms with Crippen molar-refractivity contribution < 1.29 is 19.4 Å². The molecule has 40 heavy (non-hydrogen) atoms. The van der Waals surface area contributed by atoms with Gasteiger partial charge in [-0.25, -0.2) is 5.43 Å². The van der Waals surface area contributed by atoms with E-state index in [1.54, 1.807) is 43.3 Å². The number of amides is 2. The van der Waals surface area contributed by atoms with E-state index in [1.165, 1.54) is 0 Å². The van der Waals surface area contributed by atoms with E-state index in [0.717, 1.165) is 48.7 Å². The van der Waals surface area contributed by atoms with E-state index in [4.69, 9.17) is 9.84 Å². The summed E-state index contributed by atoms with van der Waals surface area (Å²) in [4.78, 5) is 31.0. The quantitative estimate of drug-likeness (QED) is 0.186. The second-order valence-corrected chi connectivity index (χ2v) is 10.5. The van der Waals surface area contributed by atoms with Gasteiger partial charge in [0.25, 0.3) is 11.8 Å². The molecule has 0 aliphatic carbocycles. The summed E-state index contributed by atoms with van der Waals surface area (Å²) in [7, 11) is 3.70. The fraction of sp³-hybridized carbons (Fsp3) is 0.300. The Kier molecular flexibility index (Phi) is 10.6. The molecule has 1 aliphatic rings. The third-order valence-electron chi connectivity index (χ3n) is 6.55. The summed E-state index contributed by atoms with van der Waals surface area (Å²) in [6, 6.07) is 20.2. The molecule has 10 heteroatoms. The molecule has 4 rings (SSSR count). The number of nitrogens with zero attached hydrogens (tertiary/aromatic N) is 3. The first-order valence-electron chi connectivity index (χ1n) is 13.1. The normalized spacial score (nSPS) is 13.8. The van der Waals surface area contributed by atoms with Crippen LogP contribution in [0.15, 0.2) is 71.8 Å². The lowest BCUT2D eigenvalue weighted by Gasteiger charge is -2.34. The first-order valence-corrected chi connectivity index (χ1v) is 14.3. The topological polar surface area (TPSA) is 107 Å². The number of carbonyl (C=O) groups is 2. The number of piperazine rings is 1. The van der Waals surface area contributed by atoms with Gasteiger partial charge in [-0.05, 0) is 72.8 Å². The zero-order chi connectivity index (χ0) is 28.3. The van der Waals surface area contributed by atoms with Crippen molar-refractivity contribution in [2.45, 2.75) is 5.75 Å². The third-order valence-corrected chi connectivity index (χ3v) is 7.56. The number of thioether (sulfide) groups is 1. The van der Waals surface area contributed by atoms with Gasteiger partial charge in [0.15, 0.2) is 0 Å². The molecular weight excluding hydrogens is 526 g/mol. The number of aliphatic hydroxyl groups is 1. The standard InChI is InChI=1S/C30H35N5O4S/c1-34-12-14-35(15-13-34)25-8-11-28(32-29(37)24-5-3-4-23(18-24)21-40-17-16-36)27(19-25)30(38)33-31-20-22-6-9-26(39-2)10-7-22/h3-11,18-20,36H,12-17,21H2,1-2H3,(H,32,37)(H,33,38). The molecular formula is C30H35N5O4S. The molecule has 9 nitrogen and oxygen atoms in total. The molecule has 0 radical (unpaired) electrons. The van der Waals surface area contributed by atoms with Crippen molar-refractivity contribution in [1.29, 1.82) is 0 Å². The lowest BCUT2D eigenvalue weighted by atomic mass is 10.1. The smallest absolute Gasteiger partial charge is 0.273 e. The second kappa shape index (κ2) is 14.5. The van der Waals surface area contributed by atoms with E-state index in [-0.39, 0.29) is 12.5 Å². The minimum Gasteiger partial charge on any atom is -0.497 e. The predicted molar refractivity (Wildman–Crippen MR) is 162 cm³/mol. The molecule has 0 spiro atoms. The summed E-state index contributed by atoms with van der Waals surface area (Å²) in [5.74, 6) is 1.33. The van der Waals surface area contributed by atoms with Crippen molar-refractivity contribution in [2.24, 2.45) is 5.10 Å². The predicted octanol–water partition coefficient (Wildman–Crippen LogP) is 3.69. The summed E-state index contributed by atoms with van der Waals surface area (Å²) in [6.07, 6.45) is 1.56. The number of hydrazone groups is 1. The van der Waals surface area contributed by atoms with E-state index in [2.05, 4.69) is 32.7 Å². The average molecular weight is 562 g/mol. The monoisotopic (exact) mass is 561 g/mol. The van der Waals surface area contributed by atoms with Crippen molar-refractivity contribution in [1.82, 2.24) is 10.3 Å². The van der Waals surface area contributed by atoms with Crippen LogP contribution in [0.5, 0.6) is 5.75 Å². The largest absolute Gasteiger partial charge is 0.497 e. The maximum Gasteiger partial charge on any atom is 0.273 e. The van der Waals surface area contributed by atoms with E-state index in [0.29, 0.717) is 28.3 Å². The highest BCUT2D eigenvalue weighted by Crippen LogP contribution is 2.25. The van der Waals surface area contributed by atoms with E-state index >= 15 is 0 Å². The van der Waals surface area contributed by atoms with Crippen molar-refractivity contribution in [2.75, 3.05) is 62.9 Å². The number of methoxy groups -OCH3 is 1. The maximum absolute atomic E-state index is 13.3. The number of hydrogen-bond acceptors (Lipinski definition) is 8. The zero-order valence-electron chi connectivity index (χ0n) is 22.8. The fourth-order valence-electron chi connectivity index (χ4n) is 4.26. The highest BCUT2D eigenvalue weighted by molar-refractivity contribution is 7.98. The highest BCUT2D eigenvalue weighted by atomic mass is 32.2. The molecule has 1 heterocycles. The Morgan fingerprint density at radius 1 is 1.02 bits per heavy atom. The minimum absolute atomic E-state index is 0.115. The van der Waals surface area contributed by atoms with Gasteiger partial charge in [-0.1, -0.05) is 12.1 Å². The van der Waals surface area contributed by atoms with Gasteiger partial charge in [-0.3, -0.25) is 9.59 Å². The van der Waals surface area contributed by atoms with Gasteiger partial charge in [0, 0.05) is 48.9 Å². The van der Waals surface area contributed by atoms with Crippen LogP contribution in [0.2, 0.25) is 0 Å². The summed E-state index contributed by atoms with van der Waals surface area (Å²) in [5.41, 5.74) is 6.53. The number of hydrogen-bond donors (Lipinski definition) is 3. The Morgan fingerprint density at radius 2 is 1.80 bits per heavy atom.